The molecule has 0 spiro atoms. The Balaban J connectivity index is 1.49. The number of aromatic nitrogens is 4. The van der Waals surface area contributed by atoms with Crippen molar-refractivity contribution in [2.75, 3.05) is 5.32 Å². The number of hydrogen-bond acceptors (Lipinski definition) is 7. The maximum atomic E-state index is 13.0. The molecule has 4 aromatic rings. The molecule has 0 aliphatic rings. The number of rotatable bonds is 8. The maximum Gasteiger partial charge on any atom is 0.323 e. The van der Waals surface area contributed by atoms with E-state index in [9.17, 15) is 14.7 Å². The monoisotopic (exact) mass is 476 g/mol. The van der Waals surface area contributed by atoms with E-state index in [2.05, 4.69) is 20.4 Å². The van der Waals surface area contributed by atoms with Crippen molar-refractivity contribution in [1.29, 1.82) is 0 Å². The molecule has 0 radical (unpaired) electrons. The quantitative estimate of drug-likeness (QED) is 0.349. The van der Waals surface area contributed by atoms with Crippen LogP contribution < -0.4 is 11.1 Å². The fraction of sp³-hybridized carbons (Fsp3) is 0.320. The molecule has 35 heavy (non-hydrogen) atoms. The van der Waals surface area contributed by atoms with Gasteiger partial charge in [0.1, 0.15) is 16.9 Å². The first kappa shape index (κ1) is 24.1. The molecule has 2 unspecified atom stereocenters. The van der Waals surface area contributed by atoms with Gasteiger partial charge in [-0.25, -0.2) is 4.98 Å². The Kier molecular flexibility index (Phi) is 6.40. The van der Waals surface area contributed by atoms with E-state index in [1.165, 1.54) is 6.92 Å². The highest BCUT2D eigenvalue weighted by Gasteiger charge is 2.34. The standard InChI is InChI=1S/C25H28N6O4/c1-14-9-10-31-19(13-27-20(31)11-14)23(32)28-18-12-17(7-5-15(18)2)22-29-21(35-30-22)8-6-16(3)25(4,26)24(33)34/h5,7,9-13,16H,6,8,26H2,1-4H3,(H,28,32)(H,33,34). The summed E-state index contributed by atoms with van der Waals surface area (Å²) in [5, 5.41) is 16.3. The van der Waals surface area contributed by atoms with Crippen LogP contribution in [-0.4, -0.2) is 42.0 Å². The summed E-state index contributed by atoms with van der Waals surface area (Å²) in [5.41, 5.74) is 8.92. The van der Waals surface area contributed by atoms with Gasteiger partial charge >= 0.3 is 5.97 Å². The lowest BCUT2D eigenvalue weighted by atomic mass is 9.85. The van der Waals surface area contributed by atoms with Crippen LogP contribution in [0.15, 0.2) is 47.2 Å². The molecule has 3 aromatic heterocycles. The minimum Gasteiger partial charge on any atom is -0.480 e. The van der Waals surface area contributed by atoms with Crippen LogP contribution in [0.5, 0.6) is 0 Å². The normalized spacial score (nSPS) is 14.0. The maximum absolute atomic E-state index is 13.0. The number of nitrogens with zero attached hydrogens (tertiary/aromatic N) is 4. The predicted molar refractivity (Wildman–Crippen MR) is 130 cm³/mol. The second kappa shape index (κ2) is 9.30. The van der Waals surface area contributed by atoms with E-state index >= 15 is 0 Å². The van der Waals surface area contributed by atoms with E-state index in [4.69, 9.17) is 10.3 Å². The molecule has 2 atom stereocenters. The summed E-state index contributed by atoms with van der Waals surface area (Å²) in [6.07, 6.45) is 4.25. The number of nitrogens with one attached hydrogen (secondary N) is 1. The predicted octanol–water partition coefficient (Wildman–Crippen LogP) is 3.62. The number of carbonyl (C=O) groups excluding carboxylic acids is 1. The fourth-order valence-electron chi connectivity index (χ4n) is 3.66. The number of aryl methyl sites for hydroxylation is 3. The molecule has 4 rings (SSSR count). The average Bonchev–Trinajstić information content (AvgIpc) is 3.45. The third-order valence-corrected chi connectivity index (χ3v) is 6.39. The van der Waals surface area contributed by atoms with Gasteiger partial charge in [-0.2, -0.15) is 4.98 Å². The molecule has 10 heteroatoms. The van der Waals surface area contributed by atoms with E-state index in [0.29, 0.717) is 47.1 Å². The van der Waals surface area contributed by atoms with Crippen molar-refractivity contribution in [2.24, 2.45) is 11.7 Å². The second-order valence-corrected chi connectivity index (χ2v) is 9.10. The summed E-state index contributed by atoms with van der Waals surface area (Å²) in [4.78, 5) is 33.1. The van der Waals surface area contributed by atoms with Gasteiger partial charge in [0.2, 0.25) is 11.7 Å². The van der Waals surface area contributed by atoms with E-state index in [1.54, 1.807) is 23.6 Å². The Bertz CT molecular complexity index is 1400. The summed E-state index contributed by atoms with van der Waals surface area (Å²) >= 11 is 0. The zero-order chi connectivity index (χ0) is 25.3. The molecule has 182 valence electrons. The number of carboxylic acids is 1. The molecule has 4 N–H and O–H groups in total. The first-order valence-electron chi connectivity index (χ1n) is 11.3. The lowest BCUT2D eigenvalue weighted by molar-refractivity contribution is -0.144. The molecule has 3 heterocycles. The molecule has 0 saturated carbocycles. The highest BCUT2D eigenvalue weighted by molar-refractivity contribution is 6.04. The number of aliphatic carboxylic acids is 1. The number of carboxylic acid groups (broad SMARTS) is 1. The number of imidazole rings is 1. The highest BCUT2D eigenvalue weighted by atomic mass is 16.5. The molecule has 0 aliphatic heterocycles. The van der Waals surface area contributed by atoms with Crippen LogP contribution in [0.1, 0.15) is 47.8 Å². The summed E-state index contributed by atoms with van der Waals surface area (Å²) < 4.78 is 7.10. The van der Waals surface area contributed by atoms with Gasteiger partial charge in [0, 0.05) is 23.9 Å². The third kappa shape index (κ3) is 4.92. The fourth-order valence-corrected chi connectivity index (χ4v) is 3.66. The molecular formula is C25H28N6O4. The molecule has 1 amide bonds. The van der Waals surface area contributed by atoms with Crippen molar-refractivity contribution in [3.8, 4) is 11.4 Å². The van der Waals surface area contributed by atoms with Crippen molar-refractivity contribution < 1.29 is 19.2 Å². The number of hydrogen-bond donors (Lipinski definition) is 3. The Morgan fingerprint density at radius 3 is 2.77 bits per heavy atom. The van der Waals surface area contributed by atoms with Gasteiger partial charge in [0.25, 0.3) is 5.91 Å². The molecule has 1 aromatic carbocycles. The highest BCUT2D eigenvalue weighted by Crippen LogP contribution is 2.25. The van der Waals surface area contributed by atoms with E-state index in [0.717, 1.165) is 11.1 Å². The van der Waals surface area contributed by atoms with Crippen molar-refractivity contribution >= 4 is 23.2 Å². The second-order valence-electron chi connectivity index (χ2n) is 9.10. The van der Waals surface area contributed by atoms with Crippen molar-refractivity contribution in [3.05, 3.63) is 65.4 Å². The number of nitrogens with two attached hydrogens (primary N) is 1. The van der Waals surface area contributed by atoms with Gasteiger partial charge in [0.05, 0.1) is 6.20 Å². The lowest BCUT2D eigenvalue weighted by Crippen LogP contribution is -2.50. The Hall–Kier alpha value is -4.05. The van der Waals surface area contributed by atoms with Crippen molar-refractivity contribution in [2.45, 2.75) is 46.1 Å². The SMILES string of the molecule is Cc1ccn2c(C(=O)Nc3cc(-c4noc(CCC(C)C(C)(N)C(=O)O)n4)ccc3C)cnc2c1. The number of fused-ring (bicyclic) bond motifs is 1. The Labute approximate surface area is 202 Å². The lowest BCUT2D eigenvalue weighted by Gasteiger charge is -2.26. The van der Waals surface area contributed by atoms with Crippen LogP contribution >= 0.6 is 0 Å². The summed E-state index contributed by atoms with van der Waals surface area (Å²) in [7, 11) is 0. The topological polar surface area (TPSA) is 149 Å². The first-order valence-corrected chi connectivity index (χ1v) is 11.3. The Morgan fingerprint density at radius 1 is 1.26 bits per heavy atom. The smallest absolute Gasteiger partial charge is 0.323 e. The van der Waals surface area contributed by atoms with E-state index < -0.39 is 11.5 Å². The van der Waals surface area contributed by atoms with Crippen LogP contribution in [0.4, 0.5) is 5.69 Å². The van der Waals surface area contributed by atoms with Gasteiger partial charge < -0.3 is 20.7 Å². The number of carbonyl (C=O) groups is 2. The molecule has 0 fully saturated rings. The first-order chi connectivity index (χ1) is 16.6. The summed E-state index contributed by atoms with van der Waals surface area (Å²) in [5.74, 6) is -0.861. The largest absolute Gasteiger partial charge is 0.480 e. The molecule has 0 bridgehead atoms. The molecular weight excluding hydrogens is 448 g/mol. The van der Waals surface area contributed by atoms with Gasteiger partial charge in [0.15, 0.2) is 0 Å². The third-order valence-electron chi connectivity index (χ3n) is 6.39. The van der Waals surface area contributed by atoms with E-state index in [1.807, 2.05) is 44.3 Å². The van der Waals surface area contributed by atoms with Crippen LogP contribution in [0.2, 0.25) is 0 Å². The van der Waals surface area contributed by atoms with Crippen LogP contribution in [-0.2, 0) is 11.2 Å². The zero-order valence-electron chi connectivity index (χ0n) is 20.1. The number of pyridine rings is 1. The van der Waals surface area contributed by atoms with Crippen molar-refractivity contribution in [3.63, 3.8) is 0 Å². The Morgan fingerprint density at radius 2 is 2.03 bits per heavy atom. The van der Waals surface area contributed by atoms with Crippen LogP contribution in [0.25, 0.3) is 17.0 Å². The number of benzene rings is 1. The minimum absolute atomic E-state index is 0.285. The minimum atomic E-state index is -1.34. The molecule has 10 nitrogen and oxygen atoms in total. The average molecular weight is 477 g/mol. The van der Waals surface area contributed by atoms with Gasteiger partial charge in [-0.05, 0) is 62.4 Å². The summed E-state index contributed by atoms with van der Waals surface area (Å²) in [6, 6.07) is 9.34. The van der Waals surface area contributed by atoms with E-state index in [-0.39, 0.29) is 11.8 Å². The molecule has 0 saturated heterocycles. The van der Waals surface area contributed by atoms with Crippen molar-refractivity contribution in [1.82, 2.24) is 19.5 Å². The van der Waals surface area contributed by atoms with Gasteiger partial charge in [-0.1, -0.05) is 24.2 Å². The van der Waals surface area contributed by atoms with Gasteiger partial charge in [-0.3, -0.25) is 14.0 Å². The molecule has 0 aliphatic carbocycles. The zero-order valence-corrected chi connectivity index (χ0v) is 20.1. The van der Waals surface area contributed by atoms with Crippen LogP contribution in [0, 0.1) is 19.8 Å². The number of anilines is 1. The van der Waals surface area contributed by atoms with Crippen LogP contribution in [0.3, 0.4) is 0 Å². The van der Waals surface area contributed by atoms with Gasteiger partial charge in [-0.15, -0.1) is 0 Å². The summed E-state index contributed by atoms with van der Waals surface area (Å²) in [6.45, 7) is 7.14. The number of amides is 1.